The number of ether oxygens (including phenoxy) is 1. The maximum absolute atomic E-state index is 10.8. The molecular formula is C15H24N2O3. The molecule has 0 spiro atoms. The second kappa shape index (κ2) is 8.43. The summed E-state index contributed by atoms with van der Waals surface area (Å²) < 4.78 is 5.45. The molecular weight excluding hydrogens is 256 g/mol. The summed E-state index contributed by atoms with van der Waals surface area (Å²) in [5.41, 5.74) is 2.10. The van der Waals surface area contributed by atoms with Crippen molar-refractivity contribution in [2.24, 2.45) is 0 Å². The molecule has 1 aromatic rings. The number of carbonyl (C=O) groups is 1. The summed E-state index contributed by atoms with van der Waals surface area (Å²) in [6.45, 7) is 4.16. The fourth-order valence-electron chi connectivity index (χ4n) is 2.15. The molecule has 20 heavy (non-hydrogen) atoms. The van der Waals surface area contributed by atoms with Gasteiger partial charge in [0.1, 0.15) is 5.75 Å². The van der Waals surface area contributed by atoms with E-state index in [9.17, 15) is 4.79 Å². The van der Waals surface area contributed by atoms with Crippen molar-refractivity contribution in [1.82, 2.24) is 5.32 Å². The van der Waals surface area contributed by atoms with E-state index >= 15 is 0 Å². The molecule has 0 amide bonds. The summed E-state index contributed by atoms with van der Waals surface area (Å²) in [5.74, 6) is 0.00784. The Hall–Kier alpha value is -1.75. The SMILES string of the molecule is CCCN(CCC(=O)O)c1ccc(CNC)cc1OC. The van der Waals surface area contributed by atoms with Gasteiger partial charge in [0, 0.05) is 19.6 Å². The van der Waals surface area contributed by atoms with Gasteiger partial charge in [-0.05, 0) is 31.2 Å². The zero-order valence-electron chi connectivity index (χ0n) is 12.5. The number of benzene rings is 1. The van der Waals surface area contributed by atoms with Gasteiger partial charge in [0.15, 0.2) is 0 Å². The zero-order valence-corrected chi connectivity index (χ0v) is 12.5. The van der Waals surface area contributed by atoms with Gasteiger partial charge < -0.3 is 20.1 Å². The van der Waals surface area contributed by atoms with Crippen LogP contribution in [-0.4, -0.2) is 38.3 Å². The molecule has 2 N–H and O–H groups in total. The van der Waals surface area contributed by atoms with Gasteiger partial charge in [0.05, 0.1) is 19.2 Å². The second-order valence-electron chi connectivity index (χ2n) is 4.67. The van der Waals surface area contributed by atoms with E-state index in [4.69, 9.17) is 9.84 Å². The van der Waals surface area contributed by atoms with Crippen molar-refractivity contribution in [3.63, 3.8) is 0 Å². The van der Waals surface area contributed by atoms with Gasteiger partial charge in [0.2, 0.25) is 0 Å². The topological polar surface area (TPSA) is 61.8 Å². The smallest absolute Gasteiger partial charge is 0.305 e. The number of hydrogen-bond donors (Lipinski definition) is 2. The molecule has 0 radical (unpaired) electrons. The number of carboxylic acids is 1. The third-order valence-corrected chi connectivity index (χ3v) is 3.05. The van der Waals surface area contributed by atoms with Gasteiger partial charge in [-0.3, -0.25) is 4.79 Å². The highest BCUT2D eigenvalue weighted by atomic mass is 16.5. The highest BCUT2D eigenvalue weighted by molar-refractivity contribution is 5.68. The molecule has 0 heterocycles. The molecule has 5 heteroatoms. The van der Waals surface area contributed by atoms with Gasteiger partial charge in [0.25, 0.3) is 0 Å². The first kappa shape index (κ1) is 16.3. The minimum absolute atomic E-state index is 0.126. The molecule has 0 fully saturated rings. The Bertz CT molecular complexity index is 435. The number of nitrogens with zero attached hydrogens (tertiary/aromatic N) is 1. The first-order chi connectivity index (χ1) is 9.62. The van der Waals surface area contributed by atoms with E-state index in [1.165, 1.54) is 0 Å². The van der Waals surface area contributed by atoms with Crippen molar-refractivity contribution in [1.29, 1.82) is 0 Å². The van der Waals surface area contributed by atoms with Gasteiger partial charge >= 0.3 is 5.97 Å². The van der Waals surface area contributed by atoms with E-state index in [0.717, 1.165) is 36.5 Å². The lowest BCUT2D eigenvalue weighted by atomic mass is 10.1. The third kappa shape index (κ3) is 4.74. The fourth-order valence-corrected chi connectivity index (χ4v) is 2.15. The summed E-state index contributed by atoms with van der Waals surface area (Å²) in [7, 11) is 3.54. The highest BCUT2D eigenvalue weighted by Gasteiger charge is 2.13. The maximum Gasteiger partial charge on any atom is 0.305 e. The Kier molecular flexibility index (Phi) is 6.87. The number of nitrogens with one attached hydrogen (secondary N) is 1. The van der Waals surface area contributed by atoms with Crippen molar-refractivity contribution >= 4 is 11.7 Å². The quantitative estimate of drug-likeness (QED) is 0.725. The van der Waals surface area contributed by atoms with Crippen LogP contribution in [0.5, 0.6) is 5.75 Å². The summed E-state index contributed by atoms with van der Waals surface area (Å²) in [6.07, 6.45) is 1.09. The number of methoxy groups -OCH3 is 1. The average molecular weight is 280 g/mol. The highest BCUT2D eigenvalue weighted by Crippen LogP contribution is 2.29. The fraction of sp³-hybridized carbons (Fsp3) is 0.533. The van der Waals surface area contributed by atoms with Crippen LogP contribution in [0.1, 0.15) is 25.3 Å². The molecule has 0 aromatic heterocycles. The summed E-state index contributed by atoms with van der Waals surface area (Å²) in [6, 6.07) is 6.04. The Morgan fingerprint density at radius 1 is 1.40 bits per heavy atom. The molecule has 0 unspecified atom stereocenters. The van der Waals surface area contributed by atoms with Crippen molar-refractivity contribution in [3.8, 4) is 5.75 Å². The van der Waals surface area contributed by atoms with Crippen molar-refractivity contribution in [3.05, 3.63) is 23.8 Å². The molecule has 0 atom stereocenters. The molecule has 0 saturated carbocycles. The van der Waals surface area contributed by atoms with E-state index in [0.29, 0.717) is 6.54 Å². The molecule has 1 aromatic carbocycles. The first-order valence-electron chi connectivity index (χ1n) is 6.90. The molecule has 0 bridgehead atoms. The van der Waals surface area contributed by atoms with Crippen LogP contribution in [0.2, 0.25) is 0 Å². The molecule has 1 rings (SSSR count). The standard InChI is InChI=1S/C15H24N2O3/c1-4-8-17(9-7-15(18)19)13-6-5-12(11-16-2)10-14(13)20-3/h5-6,10,16H,4,7-9,11H2,1-3H3,(H,18,19). The minimum Gasteiger partial charge on any atom is -0.495 e. The number of hydrogen-bond acceptors (Lipinski definition) is 4. The van der Waals surface area contributed by atoms with E-state index in [-0.39, 0.29) is 6.42 Å². The lowest BCUT2D eigenvalue weighted by Gasteiger charge is -2.26. The molecule has 0 aliphatic rings. The van der Waals surface area contributed by atoms with Crippen LogP contribution >= 0.6 is 0 Å². The molecule has 0 aliphatic heterocycles. The van der Waals surface area contributed by atoms with Crippen molar-refractivity contribution in [2.75, 3.05) is 32.1 Å². The van der Waals surface area contributed by atoms with Gasteiger partial charge in [-0.25, -0.2) is 0 Å². The summed E-state index contributed by atoms with van der Waals surface area (Å²) in [4.78, 5) is 12.8. The second-order valence-corrected chi connectivity index (χ2v) is 4.67. The predicted molar refractivity (Wildman–Crippen MR) is 80.5 cm³/mol. The first-order valence-corrected chi connectivity index (χ1v) is 6.90. The Labute approximate surface area is 120 Å². The third-order valence-electron chi connectivity index (χ3n) is 3.05. The van der Waals surface area contributed by atoms with Crippen LogP contribution in [0.3, 0.4) is 0 Å². The largest absolute Gasteiger partial charge is 0.495 e. The molecule has 0 saturated heterocycles. The van der Waals surface area contributed by atoms with Crippen molar-refractivity contribution < 1.29 is 14.6 Å². The van der Waals surface area contributed by atoms with Gasteiger partial charge in [-0.1, -0.05) is 13.0 Å². The molecule has 5 nitrogen and oxygen atoms in total. The lowest BCUT2D eigenvalue weighted by Crippen LogP contribution is -2.27. The number of aliphatic carboxylic acids is 1. The van der Waals surface area contributed by atoms with E-state index in [1.807, 2.05) is 25.2 Å². The summed E-state index contributed by atoms with van der Waals surface area (Å²) in [5, 5.41) is 12.0. The van der Waals surface area contributed by atoms with E-state index in [1.54, 1.807) is 7.11 Å². The van der Waals surface area contributed by atoms with E-state index < -0.39 is 5.97 Å². The average Bonchev–Trinajstić information content (AvgIpc) is 2.43. The van der Waals surface area contributed by atoms with Crippen LogP contribution in [-0.2, 0) is 11.3 Å². The monoisotopic (exact) mass is 280 g/mol. The van der Waals surface area contributed by atoms with Crippen LogP contribution in [0.25, 0.3) is 0 Å². The van der Waals surface area contributed by atoms with Crippen LogP contribution < -0.4 is 15.0 Å². The minimum atomic E-state index is -0.781. The number of anilines is 1. The van der Waals surface area contributed by atoms with E-state index in [2.05, 4.69) is 17.1 Å². The lowest BCUT2D eigenvalue weighted by molar-refractivity contribution is -0.136. The zero-order chi connectivity index (χ0) is 15.0. The molecule has 112 valence electrons. The van der Waals surface area contributed by atoms with Crippen LogP contribution in [0, 0.1) is 0 Å². The number of carboxylic acid groups (broad SMARTS) is 1. The number of rotatable bonds is 9. The normalized spacial score (nSPS) is 10.3. The Balaban J connectivity index is 2.95. The van der Waals surface area contributed by atoms with Gasteiger partial charge in [-0.15, -0.1) is 0 Å². The summed E-state index contributed by atoms with van der Waals surface area (Å²) >= 11 is 0. The molecule has 0 aliphatic carbocycles. The Morgan fingerprint density at radius 3 is 2.70 bits per heavy atom. The Morgan fingerprint density at radius 2 is 2.15 bits per heavy atom. The van der Waals surface area contributed by atoms with Crippen LogP contribution in [0.15, 0.2) is 18.2 Å². The van der Waals surface area contributed by atoms with Gasteiger partial charge in [-0.2, -0.15) is 0 Å². The van der Waals surface area contributed by atoms with Crippen molar-refractivity contribution in [2.45, 2.75) is 26.3 Å². The predicted octanol–water partition coefficient (Wildman–Crippen LogP) is 2.11. The maximum atomic E-state index is 10.8. The van der Waals surface area contributed by atoms with Crippen LogP contribution in [0.4, 0.5) is 5.69 Å².